The Hall–Kier alpha value is -1.74. The molecule has 5 rings (SSSR count). The number of ether oxygens (including phenoxy) is 2. The van der Waals surface area contributed by atoms with Crippen LogP contribution in [0.3, 0.4) is 0 Å². The van der Waals surface area contributed by atoms with Gasteiger partial charge in [-0.2, -0.15) is 0 Å². The fourth-order valence-corrected chi connectivity index (χ4v) is 6.58. The Labute approximate surface area is 186 Å². The summed E-state index contributed by atoms with van der Waals surface area (Å²) in [6, 6.07) is 2.61. The quantitative estimate of drug-likeness (QED) is 0.711. The summed E-state index contributed by atoms with van der Waals surface area (Å²) in [6.45, 7) is 4.03. The zero-order valence-corrected chi connectivity index (χ0v) is 18.7. The lowest BCUT2D eigenvalue weighted by Crippen LogP contribution is -2.46. The lowest BCUT2D eigenvalue weighted by atomic mass is 9.91. The van der Waals surface area contributed by atoms with Gasteiger partial charge in [-0.25, -0.2) is 4.98 Å². The standard InChI is InChI=1S/C23H31N3O4S/c27-12-9-24-22(28)17-5-6-19-20(17)21-18(7-8-25-23(21)31-19)30-16-3-1-15(2-4-16)26-10-13-29-14-11-26/h7-8,15-17,27H,1-6,9-14H2,(H,24,28)/t15?,16?,17-/m0/s1. The smallest absolute Gasteiger partial charge is 0.227 e. The number of carbonyl (C=O) groups excluding carboxylic acids is 1. The van der Waals surface area contributed by atoms with E-state index in [2.05, 4.69) is 15.2 Å². The van der Waals surface area contributed by atoms with Gasteiger partial charge in [0.1, 0.15) is 10.6 Å². The van der Waals surface area contributed by atoms with Crippen LogP contribution in [0.1, 0.15) is 48.5 Å². The van der Waals surface area contributed by atoms with Crippen LogP contribution in [0.25, 0.3) is 10.2 Å². The van der Waals surface area contributed by atoms with Crippen molar-refractivity contribution in [2.24, 2.45) is 0 Å². The largest absolute Gasteiger partial charge is 0.490 e. The molecule has 1 atom stereocenters. The highest BCUT2D eigenvalue weighted by Crippen LogP contribution is 2.47. The van der Waals surface area contributed by atoms with Crippen molar-refractivity contribution in [2.75, 3.05) is 39.5 Å². The SMILES string of the molecule is O=C(NCCO)[C@H]1CCc2sc3nccc(OC4CCC(N5CCOCC5)CC4)c3c21. The number of carbonyl (C=O) groups is 1. The van der Waals surface area contributed by atoms with E-state index >= 15 is 0 Å². The Morgan fingerprint density at radius 2 is 2.06 bits per heavy atom. The van der Waals surface area contributed by atoms with Crippen molar-refractivity contribution < 1.29 is 19.4 Å². The molecule has 168 valence electrons. The number of morpholine rings is 1. The molecule has 2 fully saturated rings. The highest BCUT2D eigenvalue weighted by atomic mass is 32.1. The zero-order chi connectivity index (χ0) is 21.2. The number of aliphatic hydroxyl groups excluding tert-OH is 1. The lowest BCUT2D eigenvalue weighted by Gasteiger charge is -2.38. The third kappa shape index (κ3) is 4.31. The van der Waals surface area contributed by atoms with Crippen molar-refractivity contribution in [1.82, 2.24) is 15.2 Å². The summed E-state index contributed by atoms with van der Waals surface area (Å²) in [5.41, 5.74) is 1.10. The van der Waals surface area contributed by atoms with Crippen molar-refractivity contribution in [3.8, 4) is 5.75 Å². The van der Waals surface area contributed by atoms with Crippen LogP contribution in [-0.4, -0.2) is 72.5 Å². The minimum absolute atomic E-state index is 0.00618. The first-order valence-corrected chi connectivity index (χ1v) is 12.3. The van der Waals surface area contributed by atoms with Crippen LogP contribution in [0.5, 0.6) is 5.75 Å². The maximum Gasteiger partial charge on any atom is 0.227 e. The fourth-order valence-electron chi connectivity index (χ4n) is 5.35. The Kier molecular flexibility index (Phi) is 6.41. The van der Waals surface area contributed by atoms with Crippen molar-refractivity contribution >= 4 is 27.5 Å². The summed E-state index contributed by atoms with van der Waals surface area (Å²) in [4.78, 5) is 22.1. The van der Waals surface area contributed by atoms with E-state index in [4.69, 9.17) is 14.6 Å². The van der Waals surface area contributed by atoms with Crippen LogP contribution in [0.15, 0.2) is 12.3 Å². The molecule has 2 N–H and O–H groups in total. The number of hydrogen-bond donors (Lipinski definition) is 2. The number of fused-ring (bicyclic) bond motifs is 3. The van der Waals surface area contributed by atoms with Gasteiger partial charge in [-0.1, -0.05) is 0 Å². The van der Waals surface area contributed by atoms with Gasteiger partial charge >= 0.3 is 0 Å². The van der Waals surface area contributed by atoms with Crippen molar-refractivity contribution in [1.29, 1.82) is 0 Å². The Morgan fingerprint density at radius 1 is 1.26 bits per heavy atom. The number of nitrogens with one attached hydrogen (secondary N) is 1. The third-order valence-corrected chi connectivity index (χ3v) is 8.08. The molecule has 3 heterocycles. The number of aromatic nitrogens is 1. The first kappa shape index (κ1) is 21.1. The van der Waals surface area contributed by atoms with Crippen LogP contribution < -0.4 is 10.1 Å². The fraction of sp³-hybridized carbons (Fsp3) is 0.652. The van der Waals surface area contributed by atoms with Gasteiger partial charge in [-0.3, -0.25) is 9.69 Å². The van der Waals surface area contributed by atoms with Crippen LogP contribution >= 0.6 is 11.3 Å². The van der Waals surface area contributed by atoms with Crippen molar-refractivity contribution in [3.63, 3.8) is 0 Å². The van der Waals surface area contributed by atoms with Crippen LogP contribution in [0, 0.1) is 0 Å². The van der Waals surface area contributed by atoms with Gasteiger partial charge in [0.15, 0.2) is 0 Å². The van der Waals surface area contributed by atoms with Gasteiger partial charge < -0.3 is 19.9 Å². The minimum atomic E-state index is -0.182. The summed E-state index contributed by atoms with van der Waals surface area (Å²) in [6.07, 6.45) is 8.17. The molecule has 0 radical (unpaired) electrons. The highest BCUT2D eigenvalue weighted by molar-refractivity contribution is 7.19. The number of aliphatic hydroxyl groups is 1. The molecule has 0 unspecified atom stereocenters. The number of thiophene rings is 1. The number of rotatable bonds is 6. The second-order valence-electron chi connectivity index (χ2n) is 8.73. The summed E-state index contributed by atoms with van der Waals surface area (Å²) in [5, 5.41) is 12.9. The van der Waals surface area contributed by atoms with Gasteiger partial charge in [0.25, 0.3) is 0 Å². The highest BCUT2D eigenvalue weighted by Gasteiger charge is 2.35. The summed E-state index contributed by atoms with van der Waals surface area (Å²) >= 11 is 1.69. The molecule has 1 aliphatic heterocycles. The monoisotopic (exact) mass is 445 g/mol. The van der Waals surface area contributed by atoms with E-state index in [0.29, 0.717) is 12.6 Å². The summed E-state index contributed by atoms with van der Waals surface area (Å²) < 4.78 is 12.0. The van der Waals surface area contributed by atoms with E-state index in [1.165, 1.54) is 4.88 Å². The number of hydrogen-bond acceptors (Lipinski definition) is 7. The molecule has 1 saturated carbocycles. The number of nitrogens with zero attached hydrogens (tertiary/aromatic N) is 2. The Morgan fingerprint density at radius 3 is 2.84 bits per heavy atom. The van der Waals surface area contributed by atoms with Crippen molar-refractivity contribution in [3.05, 3.63) is 22.7 Å². The molecule has 1 saturated heterocycles. The normalized spacial score (nSPS) is 26.7. The molecule has 1 amide bonds. The van der Waals surface area contributed by atoms with Gasteiger partial charge in [0, 0.05) is 36.8 Å². The molecule has 0 bridgehead atoms. The number of aryl methyl sites for hydroxylation is 1. The molecule has 7 nitrogen and oxygen atoms in total. The zero-order valence-electron chi connectivity index (χ0n) is 17.8. The predicted octanol–water partition coefficient (Wildman–Crippen LogP) is 2.46. The van der Waals surface area contributed by atoms with E-state index in [9.17, 15) is 4.79 Å². The average Bonchev–Trinajstić information content (AvgIpc) is 3.38. The number of pyridine rings is 1. The summed E-state index contributed by atoms with van der Waals surface area (Å²) in [5.74, 6) is 0.686. The minimum Gasteiger partial charge on any atom is -0.490 e. The van der Waals surface area contributed by atoms with Crippen LogP contribution in [-0.2, 0) is 16.0 Å². The van der Waals surface area contributed by atoms with Crippen molar-refractivity contribution in [2.45, 2.75) is 56.6 Å². The molecule has 0 aromatic carbocycles. The predicted molar refractivity (Wildman–Crippen MR) is 120 cm³/mol. The topological polar surface area (TPSA) is 83.9 Å². The van der Waals surface area contributed by atoms with E-state index in [0.717, 1.165) is 86.4 Å². The van der Waals surface area contributed by atoms with Crippen LogP contribution in [0.4, 0.5) is 0 Å². The first-order chi connectivity index (χ1) is 15.2. The van der Waals surface area contributed by atoms with E-state index < -0.39 is 0 Å². The van der Waals surface area contributed by atoms with Gasteiger partial charge in [0.05, 0.1) is 37.2 Å². The lowest BCUT2D eigenvalue weighted by molar-refractivity contribution is -0.122. The maximum atomic E-state index is 12.7. The molecule has 8 heteroatoms. The second kappa shape index (κ2) is 9.40. The van der Waals surface area contributed by atoms with E-state index in [1.54, 1.807) is 11.3 Å². The van der Waals surface area contributed by atoms with Crippen LogP contribution in [0.2, 0.25) is 0 Å². The first-order valence-electron chi connectivity index (χ1n) is 11.5. The Balaban J connectivity index is 1.31. The second-order valence-corrected chi connectivity index (χ2v) is 9.81. The molecular weight excluding hydrogens is 414 g/mol. The molecule has 2 aliphatic carbocycles. The molecule has 3 aliphatic rings. The van der Waals surface area contributed by atoms with E-state index in [-0.39, 0.29) is 24.5 Å². The van der Waals surface area contributed by atoms with Gasteiger partial charge in [0.2, 0.25) is 5.91 Å². The number of amides is 1. The average molecular weight is 446 g/mol. The van der Waals surface area contributed by atoms with Gasteiger partial charge in [-0.05, 0) is 50.2 Å². The Bertz CT molecular complexity index is 919. The van der Waals surface area contributed by atoms with Gasteiger partial charge in [-0.15, -0.1) is 11.3 Å². The maximum absolute atomic E-state index is 12.7. The molecule has 31 heavy (non-hydrogen) atoms. The summed E-state index contributed by atoms with van der Waals surface area (Å²) in [7, 11) is 0. The third-order valence-electron chi connectivity index (χ3n) is 6.90. The molecule has 2 aromatic rings. The molecule has 0 spiro atoms. The molecule has 2 aromatic heterocycles. The van der Waals surface area contributed by atoms with E-state index in [1.807, 2.05) is 12.3 Å². The molecular formula is C23H31N3O4S.